The zero-order valence-corrected chi connectivity index (χ0v) is 11.1. The minimum atomic E-state index is 0.469. The van der Waals surface area contributed by atoms with Crippen LogP contribution in [0.1, 0.15) is 0 Å². The van der Waals surface area contributed by atoms with Gasteiger partial charge in [0.15, 0.2) is 0 Å². The van der Waals surface area contributed by atoms with E-state index >= 15 is 0 Å². The van der Waals surface area contributed by atoms with Gasteiger partial charge in [-0.1, -0.05) is 23.2 Å². The van der Waals surface area contributed by atoms with Crippen molar-refractivity contribution in [3.8, 4) is 11.1 Å². The summed E-state index contributed by atoms with van der Waals surface area (Å²) in [5, 5.41) is 0.970. The molecule has 0 fully saturated rings. The van der Waals surface area contributed by atoms with E-state index in [1.54, 1.807) is 18.5 Å². The normalized spacial score (nSPS) is 10.3. The third kappa shape index (κ3) is 2.41. The lowest BCUT2D eigenvalue weighted by molar-refractivity contribution is 1.29. The average Bonchev–Trinajstić information content (AvgIpc) is 2.22. The van der Waals surface area contributed by atoms with E-state index in [9.17, 15) is 0 Å². The Morgan fingerprint density at radius 1 is 1.07 bits per heavy atom. The summed E-state index contributed by atoms with van der Waals surface area (Å²) in [7, 11) is 0. The van der Waals surface area contributed by atoms with E-state index < -0.39 is 0 Å². The maximum atomic E-state index is 5.94. The minimum absolute atomic E-state index is 0.469. The Labute approximate surface area is 111 Å². The van der Waals surface area contributed by atoms with E-state index in [4.69, 9.17) is 23.2 Å². The van der Waals surface area contributed by atoms with Crippen molar-refractivity contribution in [1.82, 2.24) is 9.97 Å². The van der Waals surface area contributed by atoms with Crippen LogP contribution in [0.25, 0.3) is 11.1 Å². The van der Waals surface area contributed by atoms with Crippen LogP contribution in [0.4, 0.5) is 0 Å². The molecule has 15 heavy (non-hydrogen) atoms. The van der Waals surface area contributed by atoms with E-state index in [-0.39, 0.29) is 0 Å². The van der Waals surface area contributed by atoms with Gasteiger partial charge in [-0.25, -0.2) is 9.97 Å². The van der Waals surface area contributed by atoms with Crippen LogP contribution in [0.5, 0.6) is 0 Å². The van der Waals surface area contributed by atoms with E-state index in [2.05, 4.69) is 32.6 Å². The molecule has 2 rings (SSSR count). The molecule has 2 nitrogen and oxygen atoms in total. The number of rotatable bonds is 1. The summed E-state index contributed by atoms with van der Waals surface area (Å²) in [5.74, 6) is 0. The van der Waals surface area contributed by atoms with Gasteiger partial charge in [0, 0.05) is 12.4 Å². The highest BCUT2D eigenvalue weighted by atomic mass is 127. The third-order valence-electron chi connectivity index (χ3n) is 1.88. The fourth-order valence-corrected chi connectivity index (χ4v) is 2.17. The molecule has 0 atom stereocenters. The van der Waals surface area contributed by atoms with Crippen LogP contribution in [0.3, 0.4) is 0 Å². The van der Waals surface area contributed by atoms with Gasteiger partial charge in [-0.3, -0.25) is 0 Å². The molecule has 0 bridgehead atoms. The van der Waals surface area contributed by atoms with Gasteiger partial charge in [0.1, 0.15) is 10.3 Å². The van der Waals surface area contributed by atoms with E-state index in [0.29, 0.717) is 10.3 Å². The summed E-state index contributed by atoms with van der Waals surface area (Å²) in [5.41, 5.74) is 2.00. The molecule has 2 aromatic rings. The SMILES string of the molecule is Clc1cc(-c2ccnc(Cl)c2I)ccn1. The van der Waals surface area contributed by atoms with Gasteiger partial charge in [0.05, 0.1) is 3.57 Å². The molecular weight excluding hydrogens is 346 g/mol. The molecule has 76 valence electrons. The van der Waals surface area contributed by atoms with Crippen LogP contribution in [0.15, 0.2) is 30.6 Å². The van der Waals surface area contributed by atoms with E-state index in [0.717, 1.165) is 14.7 Å². The maximum Gasteiger partial charge on any atom is 0.142 e. The number of pyridine rings is 2. The standard InChI is InChI=1S/C10H5Cl2IN2/c11-8-5-6(1-3-14-8)7-2-4-15-10(12)9(7)13/h1-5H. The highest BCUT2D eigenvalue weighted by Crippen LogP contribution is 2.29. The molecular formula is C10H5Cl2IN2. The zero-order chi connectivity index (χ0) is 10.8. The summed E-state index contributed by atoms with van der Waals surface area (Å²) < 4.78 is 0.916. The minimum Gasteiger partial charge on any atom is -0.245 e. The van der Waals surface area contributed by atoms with Crippen molar-refractivity contribution in [2.75, 3.05) is 0 Å². The van der Waals surface area contributed by atoms with Gasteiger partial charge in [0.2, 0.25) is 0 Å². The first-order valence-corrected chi connectivity index (χ1v) is 5.94. The molecule has 0 aromatic carbocycles. The number of halogens is 3. The largest absolute Gasteiger partial charge is 0.245 e. The second kappa shape index (κ2) is 4.63. The third-order valence-corrected chi connectivity index (χ3v) is 3.79. The van der Waals surface area contributed by atoms with Crippen molar-refractivity contribution in [3.05, 3.63) is 44.5 Å². The van der Waals surface area contributed by atoms with Crippen molar-refractivity contribution >= 4 is 45.8 Å². The Kier molecular flexibility index (Phi) is 3.43. The van der Waals surface area contributed by atoms with Gasteiger partial charge in [-0.05, 0) is 51.9 Å². The molecule has 0 unspecified atom stereocenters. The molecule has 0 radical (unpaired) electrons. The average molecular weight is 351 g/mol. The summed E-state index contributed by atoms with van der Waals surface area (Å²) in [6.07, 6.45) is 3.34. The molecule has 0 aliphatic carbocycles. The van der Waals surface area contributed by atoms with Crippen LogP contribution < -0.4 is 0 Å². The van der Waals surface area contributed by atoms with E-state index in [1.807, 2.05) is 12.1 Å². The predicted molar refractivity (Wildman–Crippen MR) is 70.2 cm³/mol. The molecule has 0 aliphatic rings. The highest BCUT2D eigenvalue weighted by molar-refractivity contribution is 14.1. The van der Waals surface area contributed by atoms with Crippen LogP contribution in [0.2, 0.25) is 10.3 Å². The lowest BCUT2D eigenvalue weighted by atomic mass is 10.1. The number of hydrogen-bond acceptors (Lipinski definition) is 2. The molecule has 0 N–H and O–H groups in total. The number of hydrogen-bond donors (Lipinski definition) is 0. The molecule has 0 amide bonds. The Hall–Kier alpha value is -0.390. The maximum absolute atomic E-state index is 5.94. The highest BCUT2D eigenvalue weighted by Gasteiger charge is 2.07. The Morgan fingerprint density at radius 2 is 1.80 bits per heavy atom. The molecule has 2 aromatic heterocycles. The lowest BCUT2D eigenvalue weighted by Gasteiger charge is -2.05. The Balaban J connectivity index is 2.59. The second-order valence-electron chi connectivity index (χ2n) is 2.83. The first-order chi connectivity index (χ1) is 7.18. The van der Waals surface area contributed by atoms with Crippen molar-refractivity contribution < 1.29 is 0 Å². The zero-order valence-electron chi connectivity index (χ0n) is 7.42. The lowest BCUT2D eigenvalue weighted by Crippen LogP contribution is -1.87. The quantitative estimate of drug-likeness (QED) is 0.572. The summed E-state index contributed by atoms with van der Waals surface area (Å²) >= 11 is 13.9. The van der Waals surface area contributed by atoms with Crippen molar-refractivity contribution in [3.63, 3.8) is 0 Å². The van der Waals surface area contributed by atoms with Gasteiger partial charge in [-0.2, -0.15) is 0 Å². The predicted octanol–water partition coefficient (Wildman–Crippen LogP) is 4.06. The van der Waals surface area contributed by atoms with Crippen molar-refractivity contribution in [2.24, 2.45) is 0 Å². The summed E-state index contributed by atoms with van der Waals surface area (Å²) in [6, 6.07) is 5.59. The molecule has 5 heteroatoms. The Morgan fingerprint density at radius 3 is 2.53 bits per heavy atom. The van der Waals surface area contributed by atoms with E-state index in [1.165, 1.54) is 0 Å². The van der Waals surface area contributed by atoms with Gasteiger partial charge in [0.25, 0.3) is 0 Å². The first kappa shape index (κ1) is 11.1. The Bertz CT molecular complexity index is 503. The van der Waals surface area contributed by atoms with Crippen molar-refractivity contribution in [2.45, 2.75) is 0 Å². The molecule has 0 spiro atoms. The smallest absolute Gasteiger partial charge is 0.142 e. The summed E-state index contributed by atoms with van der Waals surface area (Å²) in [4.78, 5) is 7.93. The first-order valence-electron chi connectivity index (χ1n) is 4.10. The fraction of sp³-hybridized carbons (Fsp3) is 0. The second-order valence-corrected chi connectivity index (χ2v) is 4.65. The van der Waals surface area contributed by atoms with Crippen LogP contribution in [-0.2, 0) is 0 Å². The summed E-state index contributed by atoms with van der Waals surface area (Å²) in [6.45, 7) is 0. The molecule has 2 heterocycles. The monoisotopic (exact) mass is 350 g/mol. The molecule has 0 aliphatic heterocycles. The number of aromatic nitrogens is 2. The van der Waals surface area contributed by atoms with Crippen LogP contribution >= 0.6 is 45.8 Å². The van der Waals surface area contributed by atoms with Gasteiger partial charge < -0.3 is 0 Å². The van der Waals surface area contributed by atoms with Gasteiger partial charge in [-0.15, -0.1) is 0 Å². The van der Waals surface area contributed by atoms with Gasteiger partial charge >= 0.3 is 0 Å². The fourth-order valence-electron chi connectivity index (χ4n) is 1.21. The topological polar surface area (TPSA) is 25.8 Å². The number of nitrogens with zero attached hydrogens (tertiary/aromatic N) is 2. The molecule has 0 saturated heterocycles. The van der Waals surface area contributed by atoms with Crippen molar-refractivity contribution in [1.29, 1.82) is 0 Å². The van der Waals surface area contributed by atoms with Crippen LogP contribution in [0, 0.1) is 3.57 Å². The van der Waals surface area contributed by atoms with Crippen LogP contribution in [-0.4, -0.2) is 9.97 Å². The molecule has 0 saturated carbocycles.